The lowest BCUT2D eigenvalue weighted by molar-refractivity contribution is -0.148. The van der Waals surface area contributed by atoms with Gasteiger partial charge < -0.3 is 4.74 Å². The Morgan fingerprint density at radius 2 is 1.71 bits per heavy atom. The van der Waals surface area contributed by atoms with E-state index in [9.17, 15) is 4.79 Å². The molecule has 6 nitrogen and oxygen atoms in total. The first-order valence-electron chi connectivity index (χ1n) is 14.0. The van der Waals surface area contributed by atoms with Crippen molar-refractivity contribution in [2.45, 2.75) is 104 Å². The number of esters is 1. The molecule has 1 atom stereocenters. The van der Waals surface area contributed by atoms with Crippen molar-refractivity contribution < 1.29 is 9.53 Å². The maximum atomic E-state index is 12.6. The summed E-state index contributed by atoms with van der Waals surface area (Å²) in [5.41, 5.74) is 2.65. The highest BCUT2D eigenvalue weighted by Gasteiger charge is 2.27. The Morgan fingerprint density at radius 3 is 2.42 bits per heavy atom. The highest BCUT2D eigenvalue weighted by Crippen LogP contribution is 2.37. The number of carbonyl (C=O) groups is 1. The Balaban J connectivity index is 1.37. The van der Waals surface area contributed by atoms with Crippen LogP contribution in [0.2, 0.25) is 5.02 Å². The van der Waals surface area contributed by atoms with E-state index in [1.54, 1.807) is 11.3 Å². The number of aromatic nitrogens is 3. The van der Waals surface area contributed by atoms with E-state index in [0.29, 0.717) is 18.0 Å². The van der Waals surface area contributed by atoms with Crippen molar-refractivity contribution in [3.05, 3.63) is 63.0 Å². The molecule has 2 aromatic heterocycles. The largest absolute Gasteiger partial charge is 0.457 e. The van der Waals surface area contributed by atoms with E-state index in [2.05, 4.69) is 27.8 Å². The van der Waals surface area contributed by atoms with Crippen molar-refractivity contribution in [1.82, 2.24) is 14.8 Å². The number of carbonyl (C=O) groups excluding carboxylic acids is 1. The standard InChI is InChI=1S/C30H39ClN4O2S/c1-4-5-6-7-8-9-10-11-12-13-18-28(36)37-21(2)26-19-24-29(23-16-14-15-17-25(23)31)32-20-27-34-33-22(3)35(27)30(24)38-26/h14-17,19,21H,4-13,18,20H2,1-3H3. The molecule has 3 aromatic rings. The monoisotopic (exact) mass is 554 g/mol. The molecular weight excluding hydrogens is 516 g/mol. The van der Waals surface area contributed by atoms with E-state index in [0.717, 1.165) is 51.2 Å². The number of hydrogen-bond acceptors (Lipinski definition) is 6. The fourth-order valence-corrected chi connectivity index (χ4v) is 6.33. The van der Waals surface area contributed by atoms with Gasteiger partial charge in [-0.15, -0.1) is 21.5 Å². The first-order valence-corrected chi connectivity index (χ1v) is 15.2. The first kappa shape index (κ1) is 28.5. The number of benzene rings is 1. The molecule has 0 amide bonds. The van der Waals surface area contributed by atoms with Gasteiger partial charge in [0, 0.05) is 27.4 Å². The number of rotatable bonds is 14. The molecule has 1 aromatic carbocycles. The fourth-order valence-electron chi connectivity index (χ4n) is 4.90. The fraction of sp³-hybridized carbons (Fsp3) is 0.533. The lowest BCUT2D eigenvalue weighted by atomic mass is 10.0. The molecule has 1 aliphatic rings. The minimum absolute atomic E-state index is 0.137. The Morgan fingerprint density at radius 1 is 1.03 bits per heavy atom. The summed E-state index contributed by atoms with van der Waals surface area (Å²) in [6.45, 7) is 6.55. The molecule has 0 radical (unpaired) electrons. The number of unbranched alkanes of at least 4 members (excludes halogenated alkanes) is 9. The summed E-state index contributed by atoms with van der Waals surface area (Å²) in [6.07, 6.45) is 12.5. The van der Waals surface area contributed by atoms with Gasteiger partial charge in [-0.25, -0.2) is 0 Å². The van der Waals surface area contributed by atoms with Crippen molar-refractivity contribution in [1.29, 1.82) is 0 Å². The number of fused-ring (bicyclic) bond motifs is 3. The van der Waals surface area contributed by atoms with Crippen molar-refractivity contribution in [2.75, 3.05) is 0 Å². The maximum Gasteiger partial charge on any atom is 0.306 e. The first-order chi connectivity index (χ1) is 18.5. The van der Waals surface area contributed by atoms with Crippen LogP contribution in [0.25, 0.3) is 5.00 Å². The maximum absolute atomic E-state index is 12.6. The molecule has 1 aliphatic heterocycles. The molecule has 0 spiro atoms. The second kappa shape index (κ2) is 14.0. The molecule has 8 heteroatoms. The summed E-state index contributed by atoms with van der Waals surface area (Å²) in [7, 11) is 0. The minimum Gasteiger partial charge on any atom is -0.457 e. The second-order valence-electron chi connectivity index (χ2n) is 10.1. The van der Waals surface area contributed by atoms with E-state index < -0.39 is 0 Å². The predicted molar refractivity (Wildman–Crippen MR) is 156 cm³/mol. The van der Waals surface area contributed by atoms with Crippen LogP contribution in [0, 0.1) is 6.92 Å². The number of ether oxygens (including phenoxy) is 1. The molecule has 0 bridgehead atoms. The number of thiophene rings is 1. The average Bonchev–Trinajstić information content (AvgIpc) is 3.46. The lowest BCUT2D eigenvalue weighted by Gasteiger charge is -2.12. The number of halogens is 1. The molecule has 38 heavy (non-hydrogen) atoms. The predicted octanol–water partition coefficient (Wildman–Crippen LogP) is 8.56. The highest BCUT2D eigenvalue weighted by molar-refractivity contribution is 7.15. The van der Waals surface area contributed by atoms with E-state index in [1.165, 1.54) is 51.4 Å². The van der Waals surface area contributed by atoms with Crippen LogP contribution in [0.4, 0.5) is 0 Å². The molecule has 0 saturated heterocycles. The van der Waals surface area contributed by atoms with Gasteiger partial charge in [-0.2, -0.15) is 0 Å². The summed E-state index contributed by atoms with van der Waals surface area (Å²) in [5, 5.41) is 10.2. The van der Waals surface area contributed by atoms with Gasteiger partial charge in [0.1, 0.15) is 23.5 Å². The van der Waals surface area contributed by atoms with E-state index in [4.69, 9.17) is 21.3 Å². The number of hydrogen-bond donors (Lipinski definition) is 0. The molecule has 1 unspecified atom stereocenters. The highest BCUT2D eigenvalue weighted by atomic mass is 35.5. The normalized spacial score (nSPS) is 13.4. The topological polar surface area (TPSA) is 69.4 Å². The average molecular weight is 555 g/mol. The molecule has 0 aliphatic carbocycles. The number of aryl methyl sites for hydroxylation is 1. The van der Waals surface area contributed by atoms with Crippen molar-refractivity contribution in [2.24, 2.45) is 4.99 Å². The third kappa shape index (κ3) is 7.11. The van der Waals surface area contributed by atoms with Gasteiger partial charge in [0.2, 0.25) is 0 Å². The van der Waals surface area contributed by atoms with E-state index >= 15 is 0 Å². The van der Waals surface area contributed by atoms with Gasteiger partial charge in [-0.3, -0.25) is 14.4 Å². The Labute approximate surface area is 235 Å². The van der Waals surface area contributed by atoms with Crippen LogP contribution >= 0.6 is 22.9 Å². The zero-order chi connectivity index (χ0) is 26.9. The van der Waals surface area contributed by atoms with E-state index in [-0.39, 0.29) is 12.1 Å². The van der Waals surface area contributed by atoms with Gasteiger partial charge in [-0.05, 0) is 32.4 Å². The van der Waals surface area contributed by atoms with Crippen molar-refractivity contribution >= 4 is 34.6 Å². The molecular formula is C30H39ClN4O2S. The van der Waals surface area contributed by atoms with Crippen LogP contribution in [0.15, 0.2) is 35.3 Å². The zero-order valence-corrected chi connectivity index (χ0v) is 24.4. The van der Waals surface area contributed by atoms with Crippen LogP contribution in [0.3, 0.4) is 0 Å². The van der Waals surface area contributed by atoms with Crippen molar-refractivity contribution in [3.8, 4) is 5.00 Å². The second-order valence-corrected chi connectivity index (χ2v) is 11.5. The van der Waals surface area contributed by atoms with Crippen LogP contribution in [-0.2, 0) is 16.1 Å². The van der Waals surface area contributed by atoms with Crippen LogP contribution in [-0.4, -0.2) is 26.4 Å². The van der Waals surface area contributed by atoms with Gasteiger partial charge in [0.15, 0.2) is 5.82 Å². The number of aliphatic imine (C=N–C) groups is 1. The smallest absolute Gasteiger partial charge is 0.306 e. The molecule has 3 heterocycles. The lowest BCUT2D eigenvalue weighted by Crippen LogP contribution is -2.08. The summed E-state index contributed by atoms with van der Waals surface area (Å²) in [5.74, 6) is 1.45. The Hall–Kier alpha value is -2.51. The molecule has 4 rings (SSSR count). The molecule has 0 saturated carbocycles. The summed E-state index contributed by atoms with van der Waals surface area (Å²) < 4.78 is 7.91. The Kier molecular flexibility index (Phi) is 10.5. The molecule has 0 fully saturated rings. The summed E-state index contributed by atoms with van der Waals surface area (Å²) in [6, 6.07) is 9.82. The van der Waals surface area contributed by atoms with Gasteiger partial charge >= 0.3 is 5.97 Å². The van der Waals surface area contributed by atoms with Crippen LogP contribution < -0.4 is 0 Å². The van der Waals surface area contributed by atoms with Gasteiger partial charge in [0.05, 0.1) is 5.71 Å². The van der Waals surface area contributed by atoms with Crippen molar-refractivity contribution in [3.63, 3.8) is 0 Å². The SMILES string of the molecule is CCCCCCCCCCCCC(=O)OC(C)c1cc2c(s1)-n1c(C)nnc1CN=C2c1ccccc1Cl. The third-order valence-electron chi connectivity index (χ3n) is 7.03. The molecule has 204 valence electrons. The van der Waals surface area contributed by atoms with Gasteiger partial charge in [0.25, 0.3) is 0 Å². The quantitative estimate of drug-likeness (QED) is 0.148. The van der Waals surface area contributed by atoms with Crippen LogP contribution in [0.5, 0.6) is 0 Å². The summed E-state index contributed by atoms with van der Waals surface area (Å²) in [4.78, 5) is 18.5. The van der Waals surface area contributed by atoms with Gasteiger partial charge in [-0.1, -0.05) is 94.5 Å². The third-order valence-corrected chi connectivity index (χ3v) is 8.64. The zero-order valence-electron chi connectivity index (χ0n) is 22.8. The molecule has 0 N–H and O–H groups in total. The summed E-state index contributed by atoms with van der Waals surface area (Å²) >= 11 is 8.16. The minimum atomic E-state index is -0.352. The number of nitrogens with zero attached hydrogens (tertiary/aromatic N) is 4. The van der Waals surface area contributed by atoms with Crippen LogP contribution in [0.1, 0.15) is 118 Å². The van der Waals surface area contributed by atoms with E-state index in [1.807, 2.05) is 38.1 Å². The Bertz CT molecular complexity index is 1250.